The van der Waals surface area contributed by atoms with Crippen molar-refractivity contribution in [2.24, 2.45) is 4.40 Å². The molecule has 0 fully saturated rings. The van der Waals surface area contributed by atoms with Crippen LogP contribution in [0.5, 0.6) is 0 Å². The van der Waals surface area contributed by atoms with E-state index in [4.69, 9.17) is 0 Å². The monoisotopic (exact) mass is 377 g/mol. The molecule has 0 saturated heterocycles. The van der Waals surface area contributed by atoms with Crippen molar-refractivity contribution in [3.63, 3.8) is 0 Å². The van der Waals surface area contributed by atoms with Crippen LogP contribution in [0, 0.1) is 6.92 Å². The Hall–Kier alpha value is -2.01. The lowest BCUT2D eigenvalue weighted by molar-refractivity contribution is 0.597. The van der Waals surface area contributed by atoms with E-state index in [0.29, 0.717) is 0 Å². The maximum atomic E-state index is 12.6. The predicted octanol–water partition coefficient (Wildman–Crippen LogP) is 5.53. The summed E-state index contributed by atoms with van der Waals surface area (Å²) in [5, 5.41) is 0. The number of rotatable bonds is 3. The molecule has 1 heterocycles. The minimum absolute atomic E-state index is 0.0202. The van der Waals surface area contributed by atoms with Crippen LogP contribution in [-0.4, -0.2) is 10.8 Å². The number of thioether (sulfide) groups is 1. The molecule has 0 bridgehead atoms. The number of nitrogens with zero attached hydrogens (tertiary/aromatic N) is 1. The smallest absolute Gasteiger partial charge is 0.182 e. The van der Waals surface area contributed by atoms with Crippen molar-refractivity contribution in [1.82, 2.24) is 0 Å². The molecule has 0 radical (unpaired) electrons. The molecule has 2 atom stereocenters. The molecule has 1 unspecified atom stereocenters. The number of aryl methyl sites for hydroxylation is 1. The second-order valence-corrected chi connectivity index (χ2v) is 8.52. The lowest BCUT2D eigenvalue weighted by atomic mass is 9.89. The van der Waals surface area contributed by atoms with Crippen molar-refractivity contribution in [2.45, 2.75) is 28.4 Å². The Kier molecular flexibility index (Phi) is 5.16. The van der Waals surface area contributed by atoms with Crippen molar-refractivity contribution in [1.29, 1.82) is 0 Å². The fourth-order valence-corrected chi connectivity index (χ4v) is 4.99. The van der Waals surface area contributed by atoms with E-state index in [1.54, 1.807) is 0 Å². The van der Waals surface area contributed by atoms with Gasteiger partial charge in [0.25, 0.3) is 0 Å². The Morgan fingerprint density at radius 1 is 0.962 bits per heavy atom. The summed E-state index contributed by atoms with van der Waals surface area (Å²) in [5.74, 6) is 0.963. The minimum atomic E-state index is -1.39. The topological polar surface area (TPSA) is 35.4 Å². The molecule has 3 aromatic rings. The quantitative estimate of drug-likeness (QED) is 0.444. The molecule has 2 nitrogen and oxygen atoms in total. The van der Waals surface area contributed by atoms with Crippen molar-refractivity contribution >= 4 is 29.3 Å². The van der Waals surface area contributed by atoms with Gasteiger partial charge in [0, 0.05) is 10.6 Å². The first kappa shape index (κ1) is 17.4. The summed E-state index contributed by atoms with van der Waals surface area (Å²) in [7, 11) is 0. The summed E-state index contributed by atoms with van der Waals surface area (Å²) in [5.41, 5.74) is 4.94. The van der Waals surface area contributed by atoms with Crippen molar-refractivity contribution in [3.05, 3.63) is 95.1 Å². The highest BCUT2D eigenvalue weighted by atomic mass is 32.2. The van der Waals surface area contributed by atoms with Gasteiger partial charge in [-0.05, 0) is 41.8 Å². The Morgan fingerprint density at radius 2 is 1.65 bits per heavy atom. The summed E-state index contributed by atoms with van der Waals surface area (Å²) < 4.78 is 17.0. The van der Waals surface area contributed by atoms with E-state index in [9.17, 15) is 4.55 Å². The standard InChI is InChI=1S/C22H19NOS2/c1-16-10-12-18(13-11-16)26(24)23-14-21-19-7-3-2-6-17(19)15-25-22-9-5-4-8-20(21)22/h2-14,21H,15H2,1H3/b23-14+/t21?,26-/m0/s1. The van der Waals surface area contributed by atoms with E-state index in [1.165, 1.54) is 21.6 Å². The number of hydrogen-bond donors (Lipinski definition) is 0. The molecule has 0 amide bonds. The minimum Gasteiger partial charge on any atom is -0.586 e. The highest BCUT2D eigenvalue weighted by molar-refractivity contribution is 7.98. The number of fused-ring (bicyclic) bond motifs is 2. The molecule has 1 aliphatic rings. The SMILES string of the molecule is Cc1ccc([S@+]([O-])/N=C/C2c3ccccc3CSc3ccccc32)cc1. The molecule has 4 heteroatoms. The Balaban J connectivity index is 1.71. The van der Waals surface area contributed by atoms with Crippen molar-refractivity contribution in [2.75, 3.05) is 0 Å². The van der Waals surface area contributed by atoms with Gasteiger partial charge in [0.15, 0.2) is 4.90 Å². The predicted molar refractivity (Wildman–Crippen MR) is 110 cm³/mol. The van der Waals surface area contributed by atoms with Crippen molar-refractivity contribution in [3.8, 4) is 0 Å². The van der Waals surface area contributed by atoms with Gasteiger partial charge in [-0.1, -0.05) is 64.6 Å². The van der Waals surface area contributed by atoms with E-state index < -0.39 is 11.4 Å². The van der Waals surface area contributed by atoms with Crippen molar-refractivity contribution < 1.29 is 4.55 Å². The second-order valence-electron chi connectivity index (χ2n) is 6.32. The van der Waals surface area contributed by atoms with Gasteiger partial charge >= 0.3 is 0 Å². The van der Waals surface area contributed by atoms with Gasteiger partial charge in [-0.25, -0.2) is 0 Å². The third-order valence-corrected chi connectivity index (χ3v) is 6.68. The molecule has 26 heavy (non-hydrogen) atoms. The molecule has 0 saturated carbocycles. The largest absolute Gasteiger partial charge is 0.586 e. The highest BCUT2D eigenvalue weighted by Gasteiger charge is 2.23. The van der Waals surface area contributed by atoms with Gasteiger partial charge in [-0.2, -0.15) is 0 Å². The zero-order valence-corrected chi connectivity index (χ0v) is 16.1. The zero-order chi connectivity index (χ0) is 17.9. The van der Waals surface area contributed by atoms with E-state index in [-0.39, 0.29) is 5.92 Å². The van der Waals surface area contributed by atoms with Gasteiger partial charge in [-0.3, -0.25) is 0 Å². The molecule has 0 aromatic heterocycles. The molecule has 0 N–H and O–H groups in total. The van der Waals surface area contributed by atoms with Crippen LogP contribution in [0.2, 0.25) is 0 Å². The molecular weight excluding hydrogens is 358 g/mol. The average molecular weight is 378 g/mol. The Labute approximate surface area is 161 Å². The maximum Gasteiger partial charge on any atom is 0.182 e. The maximum absolute atomic E-state index is 12.6. The number of hydrogen-bond acceptors (Lipinski definition) is 3. The van der Waals surface area contributed by atoms with Gasteiger partial charge in [-0.15, -0.1) is 11.8 Å². The van der Waals surface area contributed by atoms with Crippen LogP contribution in [0.15, 0.2) is 87.0 Å². The van der Waals surface area contributed by atoms with E-state index in [2.05, 4.69) is 52.9 Å². The summed E-state index contributed by atoms with van der Waals surface area (Å²) in [6, 6.07) is 24.6. The van der Waals surface area contributed by atoms with Crippen LogP contribution in [-0.2, 0) is 17.1 Å². The third kappa shape index (κ3) is 3.58. The first-order chi connectivity index (χ1) is 12.7. The van der Waals surface area contributed by atoms with Gasteiger partial charge in [0.1, 0.15) is 11.4 Å². The molecule has 1 aliphatic heterocycles. The van der Waals surface area contributed by atoms with Gasteiger partial charge < -0.3 is 4.55 Å². The normalized spacial score (nSPS) is 17.4. The lowest BCUT2D eigenvalue weighted by Gasteiger charge is -2.15. The van der Waals surface area contributed by atoms with Crippen LogP contribution in [0.4, 0.5) is 0 Å². The fourth-order valence-electron chi connectivity index (χ4n) is 3.15. The van der Waals surface area contributed by atoms with E-state index >= 15 is 0 Å². The van der Waals surface area contributed by atoms with E-state index in [1.807, 2.05) is 49.2 Å². The highest BCUT2D eigenvalue weighted by Crippen LogP contribution is 2.39. The Morgan fingerprint density at radius 3 is 2.46 bits per heavy atom. The molecule has 130 valence electrons. The van der Waals surface area contributed by atoms with Crippen LogP contribution in [0.1, 0.15) is 28.2 Å². The molecule has 0 spiro atoms. The number of benzene rings is 3. The van der Waals surface area contributed by atoms with Crippen LogP contribution < -0.4 is 0 Å². The van der Waals surface area contributed by atoms with E-state index in [0.717, 1.165) is 16.2 Å². The fraction of sp³-hybridized carbons (Fsp3) is 0.136. The first-order valence-corrected chi connectivity index (χ1v) is 10.6. The average Bonchev–Trinajstić information content (AvgIpc) is 2.84. The third-order valence-electron chi connectivity index (χ3n) is 4.56. The summed E-state index contributed by atoms with van der Waals surface area (Å²) in [6.45, 7) is 2.02. The van der Waals surface area contributed by atoms with Crippen LogP contribution in [0.25, 0.3) is 0 Å². The lowest BCUT2D eigenvalue weighted by Crippen LogP contribution is -2.07. The zero-order valence-electron chi connectivity index (χ0n) is 14.5. The molecular formula is C22H19NOS2. The molecule has 4 rings (SSSR count). The Bertz CT molecular complexity index is 889. The van der Waals surface area contributed by atoms with Crippen LogP contribution in [0.3, 0.4) is 0 Å². The molecule has 3 aromatic carbocycles. The summed E-state index contributed by atoms with van der Waals surface area (Å²) >= 11 is 0.461. The van der Waals surface area contributed by atoms with Gasteiger partial charge in [0.05, 0.1) is 12.1 Å². The first-order valence-electron chi connectivity index (χ1n) is 8.54. The molecule has 0 aliphatic carbocycles. The summed E-state index contributed by atoms with van der Waals surface area (Å²) in [6.07, 6.45) is 1.86. The van der Waals surface area contributed by atoms with Gasteiger partial charge in [0.2, 0.25) is 0 Å². The second kappa shape index (κ2) is 7.70. The summed E-state index contributed by atoms with van der Waals surface area (Å²) in [4.78, 5) is 2.00. The van der Waals surface area contributed by atoms with Crippen LogP contribution >= 0.6 is 11.8 Å².